The molecule has 3 aromatic rings. The molecule has 0 fully saturated rings. The molecule has 156 valence electrons. The van der Waals surface area contributed by atoms with E-state index in [0.717, 1.165) is 19.5 Å². The van der Waals surface area contributed by atoms with Gasteiger partial charge in [-0.1, -0.05) is 66.7 Å². The number of benzene rings is 3. The molecule has 0 aliphatic carbocycles. The Balaban J connectivity index is 1.36. The Bertz CT molecular complexity index is 1080. The van der Waals surface area contributed by atoms with E-state index in [9.17, 15) is 9.59 Å². The van der Waals surface area contributed by atoms with Crippen LogP contribution < -0.4 is 10.6 Å². The summed E-state index contributed by atoms with van der Waals surface area (Å²) in [6.07, 6.45) is 3.10. The van der Waals surface area contributed by atoms with Gasteiger partial charge in [0.1, 0.15) is 0 Å². The van der Waals surface area contributed by atoms with Crippen molar-refractivity contribution in [3.05, 3.63) is 102 Å². The summed E-state index contributed by atoms with van der Waals surface area (Å²) >= 11 is 0. The van der Waals surface area contributed by atoms with Crippen LogP contribution in [0.25, 0.3) is 5.57 Å². The normalized spacial score (nSPS) is 13.9. The third kappa shape index (κ3) is 5.47. The average Bonchev–Trinajstić information content (AvgIpc) is 2.81. The fourth-order valence-electron chi connectivity index (χ4n) is 3.67. The molecule has 3 aromatic carbocycles. The highest BCUT2D eigenvalue weighted by Crippen LogP contribution is 2.22. The molecule has 1 heterocycles. The highest BCUT2D eigenvalue weighted by atomic mass is 16.2. The minimum absolute atomic E-state index is 0.128. The quantitative estimate of drug-likeness (QED) is 0.620. The first-order valence-corrected chi connectivity index (χ1v) is 10.4. The molecule has 5 heteroatoms. The van der Waals surface area contributed by atoms with Crippen LogP contribution in [0.15, 0.2) is 91.0 Å². The lowest BCUT2D eigenvalue weighted by atomic mass is 10.00. The first-order chi connectivity index (χ1) is 15.2. The second-order valence-corrected chi connectivity index (χ2v) is 7.49. The van der Waals surface area contributed by atoms with Crippen LogP contribution in [-0.4, -0.2) is 36.3 Å². The summed E-state index contributed by atoms with van der Waals surface area (Å²) in [6.45, 7) is 1.84. The maximum atomic E-state index is 12.7. The molecule has 0 bridgehead atoms. The molecule has 0 aromatic heterocycles. The number of hydrogen-bond donors (Lipinski definition) is 2. The van der Waals surface area contributed by atoms with E-state index < -0.39 is 0 Å². The molecule has 0 unspecified atom stereocenters. The van der Waals surface area contributed by atoms with Gasteiger partial charge in [0.25, 0.3) is 5.91 Å². The lowest BCUT2D eigenvalue weighted by molar-refractivity contribution is -0.117. The van der Waals surface area contributed by atoms with E-state index >= 15 is 0 Å². The van der Waals surface area contributed by atoms with Crippen molar-refractivity contribution in [2.45, 2.75) is 6.42 Å². The summed E-state index contributed by atoms with van der Waals surface area (Å²) in [5, 5.41) is 5.77. The number of para-hydroxylation sites is 2. The molecule has 0 saturated heterocycles. The van der Waals surface area contributed by atoms with Gasteiger partial charge in [0.15, 0.2) is 0 Å². The van der Waals surface area contributed by atoms with E-state index in [1.807, 2.05) is 54.6 Å². The Labute approximate surface area is 182 Å². The Morgan fingerprint density at radius 1 is 0.806 bits per heavy atom. The second-order valence-electron chi connectivity index (χ2n) is 7.49. The van der Waals surface area contributed by atoms with E-state index in [2.05, 4.69) is 33.7 Å². The van der Waals surface area contributed by atoms with Crippen LogP contribution in [0.5, 0.6) is 0 Å². The second kappa shape index (κ2) is 9.87. The van der Waals surface area contributed by atoms with Crippen molar-refractivity contribution in [2.75, 3.05) is 30.3 Å². The SMILES string of the molecule is O=C(CN1CC=C(c2ccccc2)CC1)Nc1ccccc1C(=O)Nc1ccccc1. The molecule has 31 heavy (non-hydrogen) atoms. The molecule has 2 amide bonds. The van der Waals surface area contributed by atoms with Gasteiger partial charge in [0.05, 0.1) is 17.8 Å². The Kier molecular flexibility index (Phi) is 6.55. The van der Waals surface area contributed by atoms with Crippen molar-refractivity contribution in [2.24, 2.45) is 0 Å². The van der Waals surface area contributed by atoms with Crippen LogP contribution in [0.1, 0.15) is 22.3 Å². The van der Waals surface area contributed by atoms with Gasteiger partial charge in [-0.05, 0) is 41.8 Å². The number of carbonyl (C=O) groups is 2. The van der Waals surface area contributed by atoms with Crippen LogP contribution in [0.2, 0.25) is 0 Å². The van der Waals surface area contributed by atoms with E-state index in [1.54, 1.807) is 18.2 Å². The van der Waals surface area contributed by atoms with E-state index in [0.29, 0.717) is 16.9 Å². The molecule has 1 aliphatic rings. The predicted octanol–water partition coefficient (Wildman–Crippen LogP) is 4.67. The fraction of sp³-hybridized carbons (Fsp3) is 0.154. The van der Waals surface area contributed by atoms with Gasteiger partial charge in [0, 0.05) is 18.8 Å². The smallest absolute Gasteiger partial charge is 0.257 e. The zero-order valence-corrected chi connectivity index (χ0v) is 17.3. The summed E-state index contributed by atoms with van der Waals surface area (Å²) in [4.78, 5) is 27.5. The number of rotatable bonds is 6. The maximum absolute atomic E-state index is 12.7. The van der Waals surface area contributed by atoms with Crippen LogP contribution in [0.4, 0.5) is 11.4 Å². The van der Waals surface area contributed by atoms with Crippen LogP contribution in [-0.2, 0) is 4.79 Å². The lowest BCUT2D eigenvalue weighted by Crippen LogP contribution is -2.36. The number of nitrogens with one attached hydrogen (secondary N) is 2. The zero-order valence-electron chi connectivity index (χ0n) is 17.3. The molecule has 0 radical (unpaired) electrons. The molecular formula is C26H25N3O2. The predicted molar refractivity (Wildman–Crippen MR) is 125 cm³/mol. The lowest BCUT2D eigenvalue weighted by Gasteiger charge is -2.26. The van der Waals surface area contributed by atoms with Gasteiger partial charge in [-0.15, -0.1) is 0 Å². The van der Waals surface area contributed by atoms with Gasteiger partial charge in [0.2, 0.25) is 5.91 Å². The molecule has 5 nitrogen and oxygen atoms in total. The Hall–Kier alpha value is -3.70. The third-order valence-corrected chi connectivity index (χ3v) is 5.28. The average molecular weight is 412 g/mol. The van der Waals surface area contributed by atoms with E-state index in [-0.39, 0.29) is 18.4 Å². The van der Waals surface area contributed by atoms with Gasteiger partial charge < -0.3 is 10.6 Å². The highest BCUT2D eigenvalue weighted by molar-refractivity contribution is 6.10. The van der Waals surface area contributed by atoms with Crippen molar-refractivity contribution in [1.29, 1.82) is 0 Å². The number of nitrogens with zero attached hydrogens (tertiary/aromatic N) is 1. The number of carbonyl (C=O) groups excluding carboxylic acids is 2. The van der Waals surface area contributed by atoms with Crippen molar-refractivity contribution in [3.63, 3.8) is 0 Å². The summed E-state index contributed by atoms with van der Waals surface area (Å²) in [7, 11) is 0. The first kappa shape index (κ1) is 20.6. The van der Waals surface area contributed by atoms with Gasteiger partial charge in [-0.2, -0.15) is 0 Å². The van der Waals surface area contributed by atoms with Gasteiger partial charge >= 0.3 is 0 Å². The molecule has 0 spiro atoms. The Morgan fingerprint density at radius 3 is 2.19 bits per heavy atom. The van der Waals surface area contributed by atoms with Crippen molar-refractivity contribution < 1.29 is 9.59 Å². The largest absolute Gasteiger partial charge is 0.324 e. The summed E-state index contributed by atoms with van der Waals surface area (Å²) in [5.41, 5.74) is 4.22. The van der Waals surface area contributed by atoms with Crippen molar-refractivity contribution >= 4 is 28.8 Å². The molecule has 0 saturated carbocycles. The molecular weight excluding hydrogens is 386 g/mol. The summed E-state index contributed by atoms with van der Waals surface area (Å²) in [6, 6.07) is 26.7. The standard InChI is InChI=1S/C26H25N3O2/c30-25(19-29-17-15-21(16-18-29)20-9-3-1-4-10-20)28-24-14-8-7-13-23(24)26(31)27-22-11-5-2-6-12-22/h1-15H,16-19H2,(H,27,31)(H,28,30). The molecule has 2 N–H and O–H groups in total. The summed E-state index contributed by atoms with van der Waals surface area (Å²) < 4.78 is 0. The highest BCUT2D eigenvalue weighted by Gasteiger charge is 2.18. The Morgan fingerprint density at radius 2 is 1.48 bits per heavy atom. The van der Waals surface area contributed by atoms with Crippen LogP contribution in [0, 0.1) is 0 Å². The fourth-order valence-corrected chi connectivity index (χ4v) is 3.67. The third-order valence-electron chi connectivity index (χ3n) is 5.28. The van der Waals surface area contributed by atoms with Gasteiger partial charge in [-0.3, -0.25) is 14.5 Å². The monoisotopic (exact) mass is 411 g/mol. The van der Waals surface area contributed by atoms with E-state index in [1.165, 1.54) is 11.1 Å². The van der Waals surface area contributed by atoms with Crippen LogP contribution in [0.3, 0.4) is 0 Å². The van der Waals surface area contributed by atoms with E-state index in [4.69, 9.17) is 0 Å². The topological polar surface area (TPSA) is 61.4 Å². The summed E-state index contributed by atoms with van der Waals surface area (Å²) in [5.74, 6) is -0.382. The number of hydrogen-bond acceptors (Lipinski definition) is 3. The zero-order chi connectivity index (χ0) is 21.5. The van der Waals surface area contributed by atoms with Crippen LogP contribution >= 0.6 is 0 Å². The van der Waals surface area contributed by atoms with Crippen molar-refractivity contribution in [3.8, 4) is 0 Å². The number of anilines is 2. The van der Waals surface area contributed by atoms with Gasteiger partial charge in [-0.25, -0.2) is 0 Å². The minimum atomic E-state index is -0.254. The first-order valence-electron chi connectivity index (χ1n) is 10.4. The number of amides is 2. The maximum Gasteiger partial charge on any atom is 0.257 e. The van der Waals surface area contributed by atoms with Crippen molar-refractivity contribution in [1.82, 2.24) is 4.90 Å². The molecule has 0 atom stereocenters. The molecule has 1 aliphatic heterocycles. The minimum Gasteiger partial charge on any atom is -0.324 e. The molecule has 4 rings (SSSR count).